The van der Waals surface area contributed by atoms with E-state index in [9.17, 15) is 4.79 Å². The molecular formula is C15H20BrNO2. The lowest BCUT2D eigenvalue weighted by Crippen LogP contribution is -2.42. The molecule has 1 heterocycles. The van der Waals surface area contributed by atoms with Crippen LogP contribution in [0.4, 0.5) is 0 Å². The Bertz CT molecular complexity index is 411. The van der Waals surface area contributed by atoms with Gasteiger partial charge < -0.3 is 4.74 Å². The predicted octanol–water partition coefficient (Wildman–Crippen LogP) is 2.98. The molecule has 2 rings (SSSR count). The van der Waals surface area contributed by atoms with Crippen molar-refractivity contribution in [3.8, 4) is 0 Å². The molecule has 0 bridgehead atoms. The van der Waals surface area contributed by atoms with Gasteiger partial charge in [-0.2, -0.15) is 0 Å². The maximum Gasteiger partial charge on any atom is 0.293 e. The van der Waals surface area contributed by atoms with Gasteiger partial charge in [0, 0.05) is 11.0 Å². The highest BCUT2D eigenvalue weighted by atomic mass is 79.9. The fraction of sp³-hybridized carbons (Fsp3) is 0.533. The predicted molar refractivity (Wildman–Crippen MR) is 79.2 cm³/mol. The molecule has 1 aliphatic rings. The molecule has 1 saturated heterocycles. The van der Waals surface area contributed by atoms with E-state index in [0.29, 0.717) is 13.1 Å². The van der Waals surface area contributed by atoms with Crippen molar-refractivity contribution in [1.82, 2.24) is 4.90 Å². The normalized spacial score (nSPS) is 19.1. The summed E-state index contributed by atoms with van der Waals surface area (Å²) in [6, 6.07) is 8.67. The molecule has 1 aromatic rings. The summed E-state index contributed by atoms with van der Waals surface area (Å²) in [5, 5.41) is 0. The van der Waals surface area contributed by atoms with Crippen molar-refractivity contribution in [2.45, 2.75) is 25.2 Å². The van der Waals surface area contributed by atoms with E-state index in [1.807, 2.05) is 0 Å². The lowest BCUT2D eigenvalue weighted by atomic mass is 9.74. The lowest BCUT2D eigenvalue weighted by Gasteiger charge is -2.39. The average molecular weight is 326 g/mol. The minimum atomic E-state index is 0.267. The average Bonchev–Trinajstić information content (AvgIpc) is 2.42. The number of benzene rings is 1. The molecule has 0 atom stereocenters. The van der Waals surface area contributed by atoms with Gasteiger partial charge in [-0.3, -0.25) is 9.69 Å². The van der Waals surface area contributed by atoms with Crippen molar-refractivity contribution in [2.75, 3.05) is 26.2 Å². The maximum absolute atomic E-state index is 10.1. The third kappa shape index (κ3) is 3.80. The Hall–Kier alpha value is -0.870. The molecule has 19 heavy (non-hydrogen) atoms. The molecule has 0 unspecified atom stereocenters. The number of carbonyl (C=O) groups is 1. The Morgan fingerprint density at radius 1 is 1.32 bits per heavy atom. The summed E-state index contributed by atoms with van der Waals surface area (Å²) in [6.07, 6.45) is 2.30. The summed E-state index contributed by atoms with van der Waals surface area (Å²) < 4.78 is 5.89. The summed E-state index contributed by atoms with van der Waals surface area (Å²) in [5.41, 5.74) is 1.68. The number of halogens is 1. The van der Waals surface area contributed by atoms with Gasteiger partial charge in [0.05, 0.1) is 0 Å². The molecule has 0 saturated carbocycles. The summed E-state index contributed by atoms with van der Waals surface area (Å²) in [6.45, 7) is 6.34. The molecule has 1 aliphatic heterocycles. The van der Waals surface area contributed by atoms with Crippen LogP contribution in [0.2, 0.25) is 0 Å². The number of hydrogen-bond donors (Lipinski definition) is 0. The number of piperidine rings is 1. The highest BCUT2D eigenvalue weighted by molar-refractivity contribution is 9.10. The molecule has 4 heteroatoms. The monoisotopic (exact) mass is 325 g/mol. The summed E-state index contributed by atoms with van der Waals surface area (Å²) >= 11 is 3.48. The SMILES string of the molecule is CC1(c2ccc(Br)cc2)CCN(CCOC=O)CC1. The van der Waals surface area contributed by atoms with Crippen LogP contribution < -0.4 is 0 Å². The first-order valence-electron chi connectivity index (χ1n) is 6.68. The highest BCUT2D eigenvalue weighted by Crippen LogP contribution is 2.35. The van der Waals surface area contributed by atoms with Crippen molar-refractivity contribution >= 4 is 22.4 Å². The van der Waals surface area contributed by atoms with Gasteiger partial charge in [0.1, 0.15) is 6.61 Å². The Labute approximate surface area is 123 Å². The molecule has 0 amide bonds. The summed E-state index contributed by atoms with van der Waals surface area (Å²) in [4.78, 5) is 12.5. The van der Waals surface area contributed by atoms with E-state index in [1.54, 1.807) is 0 Å². The number of hydrogen-bond acceptors (Lipinski definition) is 3. The minimum Gasteiger partial charge on any atom is -0.467 e. The third-order valence-corrected chi connectivity index (χ3v) is 4.62. The smallest absolute Gasteiger partial charge is 0.293 e. The molecule has 0 aromatic heterocycles. The van der Waals surface area contributed by atoms with Crippen molar-refractivity contribution in [3.05, 3.63) is 34.3 Å². The second-order valence-electron chi connectivity index (χ2n) is 5.38. The van der Waals surface area contributed by atoms with Gasteiger partial charge in [-0.25, -0.2) is 0 Å². The largest absolute Gasteiger partial charge is 0.467 e. The Morgan fingerprint density at radius 3 is 2.53 bits per heavy atom. The van der Waals surface area contributed by atoms with Crippen LogP contribution in [0.5, 0.6) is 0 Å². The topological polar surface area (TPSA) is 29.5 Å². The van der Waals surface area contributed by atoms with E-state index in [2.05, 4.69) is 52.0 Å². The zero-order valence-corrected chi connectivity index (χ0v) is 12.9. The molecular weight excluding hydrogens is 306 g/mol. The lowest BCUT2D eigenvalue weighted by molar-refractivity contribution is -0.129. The van der Waals surface area contributed by atoms with Gasteiger partial charge in [0.2, 0.25) is 0 Å². The van der Waals surface area contributed by atoms with Crippen LogP contribution in [0, 0.1) is 0 Å². The Kier molecular flexibility index (Phi) is 4.99. The van der Waals surface area contributed by atoms with Crippen LogP contribution in [0.25, 0.3) is 0 Å². The molecule has 1 fully saturated rings. The van der Waals surface area contributed by atoms with Gasteiger partial charge in [-0.05, 0) is 49.0 Å². The first kappa shape index (κ1) is 14.5. The van der Waals surface area contributed by atoms with Crippen LogP contribution in [0.1, 0.15) is 25.3 Å². The number of ether oxygens (including phenoxy) is 1. The van der Waals surface area contributed by atoms with Gasteiger partial charge in [0.25, 0.3) is 6.47 Å². The van der Waals surface area contributed by atoms with E-state index in [-0.39, 0.29) is 5.41 Å². The van der Waals surface area contributed by atoms with E-state index >= 15 is 0 Å². The van der Waals surface area contributed by atoms with E-state index < -0.39 is 0 Å². The van der Waals surface area contributed by atoms with Crippen LogP contribution >= 0.6 is 15.9 Å². The zero-order chi connectivity index (χ0) is 13.7. The van der Waals surface area contributed by atoms with Gasteiger partial charge in [-0.15, -0.1) is 0 Å². The molecule has 3 nitrogen and oxygen atoms in total. The van der Waals surface area contributed by atoms with Crippen molar-refractivity contribution < 1.29 is 9.53 Å². The van der Waals surface area contributed by atoms with E-state index in [0.717, 1.165) is 36.9 Å². The molecule has 104 valence electrons. The molecule has 0 spiro atoms. The number of rotatable bonds is 5. The van der Waals surface area contributed by atoms with Crippen LogP contribution in [-0.2, 0) is 14.9 Å². The number of nitrogens with zero attached hydrogens (tertiary/aromatic N) is 1. The summed E-state index contributed by atoms with van der Waals surface area (Å²) in [5.74, 6) is 0. The van der Waals surface area contributed by atoms with Gasteiger partial charge >= 0.3 is 0 Å². The highest BCUT2D eigenvalue weighted by Gasteiger charge is 2.31. The summed E-state index contributed by atoms with van der Waals surface area (Å²) in [7, 11) is 0. The number of likely N-dealkylation sites (tertiary alicyclic amines) is 1. The fourth-order valence-corrected chi connectivity index (χ4v) is 2.91. The molecule has 0 radical (unpaired) electrons. The standard InChI is InChI=1S/C15H20BrNO2/c1-15(13-2-4-14(16)5-3-13)6-8-17(9-7-15)10-11-19-12-18/h2-5,12H,6-11H2,1H3. The molecule has 0 N–H and O–H groups in total. The Morgan fingerprint density at radius 2 is 1.95 bits per heavy atom. The third-order valence-electron chi connectivity index (χ3n) is 4.09. The first-order chi connectivity index (χ1) is 9.14. The first-order valence-corrected chi connectivity index (χ1v) is 7.47. The maximum atomic E-state index is 10.1. The van der Waals surface area contributed by atoms with Gasteiger partial charge in [-0.1, -0.05) is 35.0 Å². The van der Waals surface area contributed by atoms with Crippen molar-refractivity contribution in [1.29, 1.82) is 0 Å². The Balaban J connectivity index is 1.90. The molecule has 1 aromatic carbocycles. The number of carbonyl (C=O) groups excluding carboxylic acids is 1. The van der Waals surface area contributed by atoms with Crippen molar-refractivity contribution in [3.63, 3.8) is 0 Å². The van der Waals surface area contributed by atoms with Crippen LogP contribution in [0.3, 0.4) is 0 Å². The van der Waals surface area contributed by atoms with Crippen LogP contribution in [-0.4, -0.2) is 37.6 Å². The second-order valence-corrected chi connectivity index (χ2v) is 6.29. The molecule has 0 aliphatic carbocycles. The minimum absolute atomic E-state index is 0.267. The second kappa shape index (κ2) is 6.53. The fourth-order valence-electron chi connectivity index (χ4n) is 2.64. The van der Waals surface area contributed by atoms with E-state index in [1.165, 1.54) is 5.56 Å². The van der Waals surface area contributed by atoms with Crippen molar-refractivity contribution in [2.24, 2.45) is 0 Å². The quantitative estimate of drug-likeness (QED) is 0.615. The zero-order valence-electron chi connectivity index (χ0n) is 11.3. The van der Waals surface area contributed by atoms with E-state index in [4.69, 9.17) is 4.74 Å². The van der Waals surface area contributed by atoms with Gasteiger partial charge in [0.15, 0.2) is 0 Å². The van der Waals surface area contributed by atoms with Crippen LogP contribution in [0.15, 0.2) is 28.7 Å².